The van der Waals surface area contributed by atoms with Crippen molar-refractivity contribution in [1.29, 1.82) is 0 Å². The van der Waals surface area contributed by atoms with Gasteiger partial charge in [-0.3, -0.25) is 0 Å². The Bertz CT molecular complexity index is 733. The van der Waals surface area contributed by atoms with E-state index in [1.807, 2.05) is 12.1 Å². The molecule has 1 aliphatic rings. The van der Waals surface area contributed by atoms with E-state index in [-0.39, 0.29) is 30.2 Å². The van der Waals surface area contributed by atoms with Gasteiger partial charge in [0.2, 0.25) is 0 Å². The third kappa shape index (κ3) is 5.57. The molecule has 0 amide bonds. The first kappa shape index (κ1) is 25.2. The van der Waals surface area contributed by atoms with Gasteiger partial charge in [-0.25, -0.2) is 0 Å². The summed E-state index contributed by atoms with van der Waals surface area (Å²) in [4.78, 5) is 4.45. The van der Waals surface area contributed by atoms with Crippen LogP contribution in [0.25, 0.3) is 0 Å². The summed E-state index contributed by atoms with van der Waals surface area (Å²) in [5.41, 5.74) is 4.22. The third-order valence-electron chi connectivity index (χ3n) is 4.92. The monoisotopic (exact) mass is 454 g/mol. The Labute approximate surface area is 179 Å². The molecule has 1 aromatic carbocycles. The fraction of sp³-hybridized carbons (Fsp3) is 0.421. The first-order valence-corrected chi connectivity index (χ1v) is 12.0. The number of allylic oxidation sites excluding steroid dienone is 4. The molecule has 1 aromatic rings. The van der Waals surface area contributed by atoms with Crippen LogP contribution < -0.4 is 3.32 Å². The van der Waals surface area contributed by atoms with Crippen molar-refractivity contribution >= 4 is 51.5 Å². The molecule has 25 heavy (non-hydrogen) atoms. The van der Waals surface area contributed by atoms with E-state index in [0.717, 1.165) is 21.0 Å². The number of hydrogen-bond acceptors (Lipinski definition) is 1. The summed E-state index contributed by atoms with van der Waals surface area (Å²) in [6, 6.07) is 6.09. The number of hydrogen-bond donors (Lipinski definition) is 0. The summed E-state index contributed by atoms with van der Waals surface area (Å²) in [7, 11) is 1.07. The quantitative estimate of drug-likeness (QED) is 0.556. The van der Waals surface area contributed by atoms with E-state index in [4.69, 9.17) is 14.9 Å². The van der Waals surface area contributed by atoms with E-state index in [1.54, 1.807) is 0 Å². The molecule has 1 nitrogen and oxygen atoms in total. The van der Waals surface area contributed by atoms with Gasteiger partial charge in [-0.15, -0.1) is 24.8 Å². The predicted molar refractivity (Wildman–Crippen MR) is 117 cm³/mol. The van der Waals surface area contributed by atoms with Crippen LogP contribution in [0.3, 0.4) is 0 Å². The number of halogens is 3. The summed E-state index contributed by atoms with van der Waals surface area (Å²) in [6.07, 6.45) is 0. The molecule has 0 aromatic heterocycles. The van der Waals surface area contributed by atoms with Crippen molar-refractivity contribution in [2.75, 3.05) is 0 Å². The predicted octanol–water partition coefficient (Wildman–Crippen LogP) is 5.39. The minimum absolute atomic E-state index is 0. The summed E-state index contributed by atoms with van der Waals surface area (Å²) in [5, 5.41) is 2.27. The van der Waals surface area contributed by atoms with Gasteiger partial charge in [-0.1, -0.05) is 0 Å². The second kappa shape index (κ2) is 9.39. The second-order valence-electron chi connectivity index (χ2n) is 7.52. The van der Waals surface area contributed by atoms with E-state index < -0.39 is 17.8 Å². The molecular weight excluding hydrogens is 427 g/mol. The Kier molecular flexibility index (Phi) is 9.46. The molecule has 0 spiro atoms. The molecule has 0 radical (unpaired) electrons. The Balaban J connectivity index is 0.00000288. The van der Waals surface area contributed by atoms with Gasteiger partial charge in [0.1, 0.15) is 0 Å². The molecule has 2 rings (SSSR count). The fourth-order valence-corrected chi connectivity index (χ4v) is 8.11. The molecular formula is C19H29Cl3OSiTi. The topological polar surface area (TPSA) is 9.23 Å². The molecule has 0 heterocycles. The van der Waals surface area contributed by atoms with E-state index in [0.29, 0.717) is 5.92 Å². The fourth-order valence-electron chi connectivity index (χ4n) is 3.07. The first-order valence-electron chi connectivity index (χ1n) is 8.09. The standard InChI is InChI=1S/C10H13ClO.C8H13Si.CH2.2ClH.Ti/c1-10(2,3)7-4-8(11)6-9(12)5-7;1-5-4-8(9)7(3)6(5)2;;;;/h4-6,12H,1-3H3;5H,1-3,9H3;1H2;2*1H;/q;;;;;+1/p-1. The van der Waals surface area contributed by atoms with Crippen LogP contribution in [0.2, 0.25) is 5.02 Å². The molecule has 6 heteroatoms. The second-order valence-corrected chi connectivity index (χ2v) is 11.4. The normalized spacial score (nSPS) is 17.3. The average molecular weight is 456 g/mol. The van der Waals surface area contributed by atoms with Crippen LogP contribution >= 0.6 is 36.4 Å². The van der Waals surface area contributed by atoms with Gasteiger partial charge in [0, 0.05) is 0 Å². The Morgan fingerprint density at radius 2 is 1.72 bits per heavy atom. The van der Waals surface area contributed by atoms with Crippen LogP contribution in [-0.4, -0.2) is 15.1 Å². The van der Waals surface area contributed by atoms with Crippen LogP contribution in [0.1, 0.15) is 47.1 Å². The molecule has 0 N–H and O–H groups in total. The summed E-state index contributed by atoms with van der Waals surface area (Å²) in [5.74, 6) is 1.38. The van der Waals surface area contributed by atoms with Crippen molar-refractivity contribution in [3.63, 3.8) is 0 Å². The van der Waals surface area contributed by atoms with E-state index >= 15 is 0 Å². The molecule has 0 bridgehead atoms. The molecule has 1 unspecified atom stereocenters. The maximum atomic E-state index is 6.36. The summed E-state index contributed by atoms with van der Waals surface area (Å²) < 4.78 is 7.86. The van der Waals surface area contributed by atoms with Crippen LogP contribution in [0.5, 0.6) is 5.75 Å². The summed E-state index contributed by atoms with van der Waals surface area (Å²) >= 11 is 4.30. The Morgan fingerprint density at radius 3 is 2.16 bits per heavy atom. The maximum absolute atomic E-state index is 6.36. The molecule has 0 saturated carbocycles. The van der Waals surface area contributed by atoms with Gasteiger partial charge >= 0.3 is 155 Å². The van der Waals surface area contributed by atoms with Gasteiger partial charge in [0.25, 0.3) is 0 Å². The molecule has 0 saturated heterocycles. The van der Waals surface area contributed by atoms with Gasteiger partial charge < -0.3 is 0 Å². The molecule has 0 fully saturated rings. The van der Waals surface area contributed by atoms with Crippen LogP contribution in [0, 0.1) is 5.92 Å². The van der Waals surface area contributed by atoms with Crippen molar-refractivity contribution in [3.8, 4) is 5.75 Å². The molecule has 0 aliphatic heterocycles. The SMILES string of the molecule is Cl.Cl.[CH2]=[Ti]([O]c1cc(Cl)cc(C(C)(C)C)c1)[C]1=C([SiH3])C(C)=C(C)C1C. The summed E-state index contributed by atoms with van der Waals surface area (Å²) in [6.45, 7) is 13.4. The first-order chi connectivity index (χ1) is 10.5. The number of benzene rings is 1. The molecule has 1 atom stereocenters. The average Bonchev–Trinajstić information content (AvgIpc) is 2.61. The zero-order valence-electron chi connectivity index (χ0n) is 16.1. The molecule has 1 aliphatic carbocycles. The van der Waals surface area contributed by atoms with E-state index in [1.165, 1.54) is 25.8 Å². The van der Waals surface area contributed by atoms with Gasteiger partial charge in [0.15, 0.2) is 0 Å². The Morgan fingerprint density at radius 1 is 1.16 bits per heavy atom. The zero-order valence-corrected chi connectivity index (χ0v) is 22.1. The van der Waals surface area contributed by atoms with Crippen molar-refractivity contribution < 1.29 is 21.1 Å². The van der Waals surface area contributed by atoms with Crippen molar-refractivity contribution in [1.82, 2.24) is 0 Å². The van der Waals surface area contributed by atoms with Crippen LogP contribution in [0.4, 0.5) is 0 Å². The third-order valence-corrected chi connectivity index (χ3v) is 10.2. The van der Waals surface area contributed by atoms with E-state index in [9.17, 15) is 0 Å². The van der Waals surface area contributed by atoms with Gasteiger partial charge in [0.05, 0.1) is 0 Å². The van der Waals surface area contributed by atoms with Gasteiger partial charge in [-0.2, -0.15) is 0 Å². The van der Waals surface area contributed by atoms with Crippen LogP contribution in [0.15, 0.2) is 38.4 Å². The minimum atomic E-state index is -2.01. The Hall–Kier alpha value is 0.171. The van der Waals surface area contributed by atoms with Crippen molar-refractivity contribution in [2.45, 2.75) is 47.0 Å². The van der Waals surface area contributed by atoms with Crippen LogP contribution in [-0.2, 0) is 23.2 Å². The number of rotatable bonds is 3. The van der Waals surface area contributed by atoms with E-state index in [2.05, 4.69) is 52.4 Å². The van der Waals surface area contributed by atoms with Crippen molar-refractivity contribution in [2.24, 2.45) is 5.92 Å². The van der Waals surface area contributed by atoms with Gasteiger partial charge in [-0.05, 0) is 0 Å². The molecule has 140 valence electrons. The zero-order chi connectivity index (χ0) is 17.5. The van der Waals surface area contributed by atoms with Crippen molar-refractivity contribution in [3.05, 3.63) is 49.0 Å².